The summed E-state index contributed by atoms with van der Waals surface area (Å²) in [6.45, 7) is 0. The number of aromatic amines is 2. The molecule has 0 aliphatic heterocycles. The molecule has 6 rings (SSSR count). The summed E-state index contributed by atoms with van der Waals surface area (Å²) in [6, 6.07) is 15.9. The Morgan fingerprint density at radius 1 is 0.794 bits per heavy atom. The summed E-state index contributed by atoms with van der Waals surface area (Å²) in [5, 5.41) is 17.6. The maximum absolute atomic E-state index is 8.36. The first kappa shape index (κ1) is 26.5. The van der Waals surface area contributed by atoms with Crippen molar-refractivity contribution in [2.45, 2.75) is 0 Å². The fraction of sp³-hybridized carbons (Fsp3) is 0. The molecule has 4 aromatic heterocycles. The van der Waals surface area contributed by atoms with E-state index in [2.05, 4.69) is 29.9 Å². The summed E-state index contributed by atoms with van der Waals surface area (Å²) < 4.78 is 0. The molecule has 0 spiro atoms. The van der Waals surface area contributed by atoms with E-state index in [0.717, 1.165) is 45.1 Å². The van der Waals surface area contributed by atoms with Gasteiger partial charge in [0.1, 0.15) is 11.4 Å². The SMILES string of the molecule is O=[N+]([O-])O.[Ni].[OH3+].c1ccc2[nH]c(-c3cscn3)nc2c1.c1ccc2[nH]c(-c3cscn3)nc2c1. The Kier molecular flexibility index (Phi) is 9.77. The number of nitrogens with one attached hydrogen (secondary N) is 2. The van der Waals surface area contributed by atoms with Gasteiger partial charge in [0.2, 0.25) is 0 Å². The molecule has 0 unspecified atom stereocenters. The summed E-state index contributed by atoms with van der Waals surface area (Å²) in [4.78, 5) is 32.1. The van der Waals surface area contributed by atoms with Gasteiger partial charge in [0, 0.05) is 27.3 Å². The summed E-state index contributed by atoms with van der Waals surface area (Å²) >= 11 is 3.15. The zero-order chi connectivity index (χ0) is 22.3. The van der Waals surface area contributed by atoms with Gasteiger partial charge < -0.3 is 20.7 Å². The van der Waals surface area contributed by atoms with Crippen molar-refractivity contribution < 1.29 is 32.3 Å². The van der Waals surface area contributed by atoms with Crippen molar-refractivity contribution in [1.29, 1.82) is 0 Å². The van der Waals surface area contributed by atoms with Gasteiger partial charge in [-0.1, -0.05) is 24.3 Å². The summed E-state index contributed by atoms with van der Waals surface area (Å²) in [5.41, 5.74) is 9.50. The number of imidazole rings is 2. The standard InChI is InChI=1S/2C10H7N3S.HNO3.Ni.H2O/c2*1-2-4-8-7(3-1)12-10(13-8)9-5-14-6-11-9;2-1(3)4;;/h2*1-6H,(H,12,13);(H,2,3,4);;1H2/p+1. The average molecular weight is 543 g/mol. The fourth-order valence-electron chi connectivity index (χ4n) is 2.81. The number of H-pyrrole nitrogens is 2. The van der Waals surface area contributed by atoms with E-state index >= 15 is 0 Å². The minimum atomic E-state index is -1.50. The molecule has 11 nitrogen and oxygen atoms in total. The number of rotatable bonds is 2. The maximum atomic E-state index is 8.36. The number of nitrogens with zero attached hydrogens (tertiary/aromatic N) is 5. The zero-order valence-electron chi connectivity index (χ0n) is 17.1. The summed E-state index contributed by atoms with van der Waals surface area (Å²) in [7, 11) is 0. The third-order valence-corrected chi connectivity index (χ3v) is 5.30. The number of hydrogen-bond acceptors (Lipinski definition) is 8. The van der Waals surface area contributed by atoms with Crippen molar-refractivity contribution in [2.75, 3.05) is 0 Å². The summed E-state index contributed by atoms with van der Waals surface area (Å²) in [5.74, 6) is 1.68. The van der Waals surface area contributed by atoms with Gasteiger partial charge in [0.25, 0.3) is 5.09 Å². The van der Waals surface area contributed by atoms with Crippen LogP contribution in [-0.2, 0) is 22.0 Å². The van der Waals surface area contributed by atoms with E-state index in [9.17, 15) is 0 Å². The van der Waals surface area contributed by atoms with Gasteiger partial charge in [0.05, 0.1) is 33.1 Å². The molecule has 0 aliphatic carbocycles. The van der Waals surface area contributed by atoms with Crippen molar-refractivity contribution in [1.82, 2.24) is 29.9 Å². The Hall–Kier alpha value is -3.71. The van der Waals surface area contributed by atoms with Gasteiger partial charge in [-0.05, 0) is 24.3 Å². The van der Waals surface area contributed by atoms with Crippen molar-refractivity contribution in [3.8, 4) is 23.0 Å². The molecule has 0 fully saturated rings. The molecule has 34 heavy (non-hydrogen) atoms. The largest absolute Gasteiger partial charge is 0.457 e. The van der Waals surface area contributed by atoms with E-state index < -0.39 is 5.09 Å². The van der Waals surface area contributed by atoms with Crippen molar-refractivity contribution >= 4 is 44.7 Å². The second kappa shape index (κ2) is 12.5. The van der Waals surface area contributed by atoms with Crippen LogP contribution in [0.4, 0.5) is 0 Å². The first-order valence-corrected chi connectivity index (χ1v) is 11.0. The number of para-hydroxylation sites is 4. The zero-order valence-corrected chi connectivity index (χ0v) is 19.8. The molecule has 0 atom stereocenters. The van der Waals surface area contributed by atoms with Crippen LogP contribution in [0.1, 0.15) is 0 Å². The third kappa shape index (κ3) is 6.65. The molecule has 4 heterocycles. The number of benzene rings is 2. The molecule has 0 bridgehead atoms. The molecule has 6 aromatic rings. The van der Waals surface area contributed by atoms with Gasteiger partial charge in [-0.3, -0.25) is 0 Å². The number of thiazole rings is 2. The minimum absolute atomic E-state index is 0. The molecule has 2 aromatic carbocycles. The van der Waals surface area contributed by atoms with Gasteiger partial charge in [-0.15, -0.1) is 32.8 Å². The molecular weight excluding hydrogens is 525 g/mol. The molecule has 0 saturated carbocycles. The van der Waals surface area contributed by atoms with Crippen LogP contribution in [0, 0.1) is 10.1 Å². The Morgan fingerprint density at radius 3 is 1.50 bits per heavy atom. The van der Waals surface area contributed by atoms with E-state index in [1.807, 2.05) is 70.3 Å². The normalized spacial score (nSPS) is 9.65. The van der Waals surface area contributed by atoms with E-state index in [-0.39, 0.29) is 22.0 Å². The van der Waals surface area contributed by atoms with Crippen molar-refractivity contribution in [3.05, 3.63) is 80.4 Å². The Morgan fingerprint density at radius 2 is 1.18 bits per heavy atom. The van der Waals surface area contributed by atoms with Gasteiger partial charge in [0.15, 0.2) is 11.6 Å². The van der Waals surface area contributed by atoms with Crippen LogP contribution in [0.2, 0.25) is 0 Å². The minimum Gasteiger partial charge on any atom is -0.457 e. The van der Waals surface area contributed by atoms with Gasteiger partial charge in [-0.2, -0.15) is 0 Å². The third-order valence-electron chi connectivity index (χ3n) is 4.13. The monoisotopic (exact) mass is 542 g/mol. The second-order valence-electron chi connectivity index (χ2n) is 6.19. The van der Waals surface area contributed by atoms with E-state index in [1.165, 1.54) is 0 Å². The fourth-order valence-corrected chi connectivity index (χ4v) is 3.88. The number of hydrogen-bond donors (Lipinski definition) is 3. The number of aromatic nitrogens is 6. The predicted octanol–water partition coefficient (Wildman–Crippen LogP) is 4.10. The molecule has 0 saturated heterocycles. The first-order chi connectivity index (χ1) is 15.6. The average Bonchev–Trinajstić information content (AvgIpc) is 3.59. The molecular formula is C20H18N7NiO4S2+. The Bertz CT molecular complexity index is 1260. The van der Waals surface area contributed by atoms with E-state index in [1.54, 1.807) is 22.7 Å². The van der Waals surface area contributed by atoms with Gasteiger partial charge >= 0.3 is 0 Å². The van der Waals surface area contributed by atoms with Crippen LogP contribution < -0.4 is 0 Å². The smallest absolute Gasteiger partial charge is 0.291 e. The molecule has 14 heteroatoms. The molecule has 0 aliphatic rings. The predicted molar refractivity (Wildman–Crippen MR) is 128 cm³/mol. The Labute approximate surface area is 209 Å². The molecule has 0 radical (unpaired) electrons. The van der Waals surface area contributed by atoms with Crippen molar-refractivity contribution in [3.63, 3.8) is 0 Å². The molecule has 6 N–H and O–H groups in total. The van der Waals surface area contributed by atoms with E-state index in [0.29, 0.717) is 0 Å². The quantitative estimate of drug-likeness (QED) is 0.127. The van der Waals surface area contributed by atoms with Crippen LogP contribution >= 0.6 is 22.7 Å². The van der Waals surface area contributed by atoms with Crippen molar-refractivity contribution in [2.24, 2.45) is 0 Å². The maximum Gasteiger partial charge on any atom is 0.291 e. The second-order valence-corrected chi connectivity index (χ2v) is 7.63. The topological polar surface area (TPSA) is 180 Å². The van der Waals surface area contributed by atoms with Crippen LogP contribution in [0.25, 0.3) is 45.1 Å². The van der Waals surface area contributed by atoms with Gasteiger partial charge in [-0.25, -0.2) is 19.9 Å². The van der Waals surface area contributed by atoms with Crippen LogP contribution in [0.3, 0.4) is 0 Å². The number of fused-ring (bicyclic) bond motifs is 2. The van der Waals surface area contributed by atoms with Crippen LogP contribution in [0.15, 0.2) is 70.3 Å². The summed E-state index contributed by atoms with van der Waals surface area (Å²) in [6.07, 6.45) is 0. The molecule has 0 amide bonds. The van der Waals surface area contributed by atoms with Crippen LogP contribution in [0.5, 0.6) is 0 Å². The van der Waals surface area contributed by atoms with Crippen LogP contribution in [-0.4, -0.2) is 40.2 Å². The molecule has 178 valence electrons. The Balaban J connectivity index is 0.000000198. The first-order valence-electron chi connectivity index (χ1n) is 9.10. The van der Waals surface area contributed by atoms with E-state index in [4.69, 9.17) is 15.3 Å².